The van der Waals surface area contributed by atoms with Gasteiger partial charge in [-0.05, 0) is 60.4 Å². The van der Waals surface area contributed by atoms with E-state index in [1.54, 1.807) is 0 Å². The van der Waals surface area contributed by atoms with Gasteiger partial charge in [0.2, 0.25) is 0 Å². The molecule has 0 unspecified atom stereocenters. The molecular weight excluding hydrogens is 424 g/mol. The number of para-hydroxylation sites is 1. The molecule has 1 heterocycles. The third-order valence-electron chi connectivity index (χ3n) is 6.13. The second-order valence-corrected chi connectivity index (χ2v) is 8.64. The van der Waals surface area contributed by atoms with E-state index in [9.17, 15) is 4.79 Å². The molecule has 4 aromatic rings. The summed E-state index contributed by atoms with van der Waals surface area (Å²) in [5.41, 5.74) is 8.18. The number of anilines is 2. The number of nitrogens with one attached hydrogen (secondary N) is 1. The van der Waals surface area contributed by atoms with Gasteiger partial charge in [-0.2, -0.15) is 0 Å². The van der Waals surface area contributed by atoms with Crippen molar-refractivity contribution in [2.45, 2.75) is 13.3 Å². The molecule has 0 radical (unpaired) electrons. The van der Waals surface area contributed by atoms with Crippen molar-refractivity contribution in [3.63, 3.8) is 0 Å². The van der Waals surface area contributed by atoms with Crippen molar-refractivity contribution < 1.29 is 4.79 Å². The first kappa shape index (κ1) is 21.1. The number of carbonyl (C=O) groups excluding carboxylic acids is 1. The summed E-state index contributed by atoms with van der Waals surface area (Å²) in [6, 6.07) is 32.2. The number of benzene rings is 4. The molecule has 33 heavy (non-hydrogen) atoms. The molecule has 4 heteroatoms. The van der Waals surface area contributed by atoms with E-state index in [0.717, 1.165) is 34.5 Å². The number of hydrogen-bond donors (Lipinski definition) is 1. The Hall–Kier alpha value is -3.76. The smallest absolute Gasteiger partial charge is 0.258 e. The Morgan fingerprint density at radius 1 is 0.818 bits per heavy atom. The average molecular weight is 449 g/mol. The van der Waals surface area contributed by atoms with Crippen LogP contribution in [0.3, 0.4) is 0 Å². The van der Waals surface area contributed by atoms with Crippen LogP contribution in [-0.2, 0) is 6.42 Å². The fourth-order valence-electron chi connectivity index (χ4n) is 4.38. The molecule has 1 amide bonds. The first-order valence-corrected chi connectivity index (χ1v) is 11.5. The van der Waals surface area contributed by atoms with Crippen molar-refractivity contribution in [1.82, 2.24) is 0 Å². The molecule has 3 nitrogen and oxygen atoms in total. The molecule has 0 aromatic heterocycles. The standard InChI is InChI=1S/C29H24N2OS/c1-20-8-2-4-10-24(20)28(33)30-23-16-14-22(15-17-23)29(32)31-19-18-21-9-3-5-11-25(21)26-12-6-7-13-27(26)31/h2-17H,18-19H2,1H3,(H,30,33). The van der Waals surface area contributed by atoms with Crippen molar-refractivity contribution in [2.24, 2.45) is 0 Å². The molecule has 0 saturated carbocycles. The van der Waals surface area contributed by atoms with Crippen LogP contribution < -0.4 is 10.2 Å². The fraction of sp³-hybridized carbons (Fsp3) is 0.103. The molecule has 0 atom stereocenters. The van der Waals surface area contributed by atoms with Crippen molar-refractivity contribution in [2.75, 3.05) is 16.8 Å². The summed E-state index contributed by atoms with van der Waals surface area (Å²) < 4.78 is 0. The van der Waals surface area contributed by atoms with Gasteiger partial charge in [-0.1, -0.05) is 78.9 Å². The zero-order chi connectivity index (χ0) is 22.8. The lowest BCUT2D eigenvalue weighted by Gasteiger charge is -2.23. The average Bonchev–Trinajstić information content (AvgIpc) is 3.01. The lowest BCUT2D eigenvalue weighted by Crippen LogP contribution is -2.32. The second-order valence-electron chi connectivity index (χ2n) is 8.23. The van der Waals surface area contributed by atoms with Gasteiger partial charge in [0.05, 0.1) is 5.69 Å². The number of thiocarbonyl (C=S) groups is 1. The van der Waals surface area contributed by atoms with Gasteiger partial charge in [0.1, 0.15) is 4.99 Å². The number of carbonyl (C=O) groups is 1. The van der Waals surface area contributed by atoms with Gasteiger partial charge >= 0.3 is 0 Å². The van der Waals surface area contributed by atoms with E-state index in [4.69, 9.17) is 12.2 Å². The van der Waals surface area contributed by atoms with Crippen molar-refractivity contribution in [3.05, 3.63) is 119 Å². The minimum absolute atomic E-state index is 0.00304. The van der Waals surface area contributed by atoms with Crippen molar-refractivity contribution >= 4 is 34.5 Å². The molecule has 5 rings (SSSR count). The van der Waals surface area contributed by atoms with Gasteiger partial charge in [0, 0.05) is 28.9 Å². The summed E-state index contributed by atoms with van der Waals surface area (Å²) in [4.78, 5) is 16.1. The van der Waals surface area contributed by atoms with E-state index in [-0.39, 0.29) is 5.91 Å². The highest BCUT2D eigenvalue weighted by Gasteiger charge is 2.24. The van der Waals surface area contributed by atoms with E-state index >= 15 is 0 Å². The Balaban J connectivity index is 1.39. The number of aryl methyl sites for hydroxylation is 1. The summed E-state index contributed by atoms with van der Waals surface area (Å²) in [5, 5.41) is 3.29. The van der Waals surface area contributed by atoms with Crippen molar-refractivity contribution in [1.29, 1.82) is 0 Å². The van der Waals surface area contributed by atoms with Crippen LogP contribution in [0, 0.1) is 6.92 Å². The molecule has 1 aliphatic heterocycles. The lowest BCUT2D eigenvalue weighted by molar-refractivity contribution is 0.0987. The van der Waals surface area contributed by atoms with Gasteiger partial charge in [-0.15, -0.1) is 0 Å². The molecule has 162 valence electrons. The Labute approximate surface area is 199 Å². The van der Waals surface area contributed by atoms with Crippen molar-refractivity contribution in [3.8, 4) is 11.1 Å². The van der Waals surface area contributed by atoms with Gasteiger partial charge in [0.15, 0.2) is 0 Å². The Bertz CT molecular complexity index is 1340. The third-order valence-corrected chi connectivity index (χ3v) is 6.45. The van der Waals surface area contributed by atoms with E-state index in [1.165, 1.54) is 11.1 Å². The lowest BCUT2D eigenvalue weighted by atomic mass is 9.98. The zero-order valence-electron chi connectivity index (χ0n) is 18.4. The SMILES string of the molecule is Cc1ccccc1C(=S)Nc1ccc(C(=O)N2CCc3ccccc3-c3ccccc32)cc1. The molecule has 1 aliphatic rings. The van der Waals surface area contributed by atoms with Crippen LogP contribution in [-0.4, -0.2) is 17.4 Å². The first-order valence-electron chi connectivity index (χ1n) is 11.1. The predicted octanol–water partition coefficient (Wildman–Crippen LogP) is 6.65. The number of hydrogen-bond acceptors (Lipinski definition) is 2. The van der Waals surface area contributed by atoms with E-state index in [1.807, 2.05) is 78.6 Å². The van der Waals surface area contributed by atoms with Crippen LogP contribution in [0.15, 0.2) is 97.1 Å². The van der Waals surface area contributed by atoms with Crippen LogP contribution in [0.2, 0.25) is 0 Å². The summed E-state index contributed by atoms with van der Waals surface area (Å²) in [6.07, 6.45) is 0.820. The minimum atomic E-state index is 0.00304. The molecule has 0 saturated heterocycles. The monoisotopic (exact) mass is 448 g/mol. The molecule has 0 bridgehead atoms. The van der Waals surface area contributed by atoms with E-state index in [0.29, 0.717) is 17.1 Å². The first-order chi connectivity index (χ1) is 16.1. The van der Waals surface area contributed by atoms with Crippen LogP contribution in [0.1, 0.15) is 27.0 Å². The van der Waals surface area contributed by atoms with Gasteiger partial charge in [-0.25, -0.2) is 0 Å². The number of fused-ring (bicyclic) bond motifs is 3. The number of nitrogens with zero attached hydrogens (tertiary/aromatic N) is 1. The van der Waals surface area contributed by atoms with Gasteiger partial charge in [0.25, 0.3) is 5.91 Å². The highest BCUT2D eigenvalue weighted by molar-refractivity contribution is 7.81. The summed E-state index contributed by atoms with van der Waals surface area (Å²) >= 11 is 5.58. The predicted molar refractivity (Wildman–Crippen MR) is 140 cm³/mol. The Morgan fingerprint density at radius 3 is 2.27 bits per heavy atom. The van der Waals surface area contributed by atoms with Crippen LogP contribution >= 0.6 is 12.2 Å². The quantitative estimate of drug-likeness (QED) is 0.356. The normalized spacial score (nSPS) is 12.3. The molecular formula is C29H24N2OS. The maximum Gasteiger partial charge on any atom is 0.258 e. The Morgan fingerprint density at radius 2 is 1.48 bits per heavy atom. The van der Waals surface area contributed by atoms with E-state index in [2.05, 4.69) is 35.6 Å². The fourth-order valence-corrected chi connectivity index (χ4v) is 4.73. The summed E-state index contributed by atoms with van der Waals surface area (Å²) in [6.45, 7) is 2.69. The van der Waals surface area contributed by atoms with Gasteiger partial charge in [-0.3, -0.25) is 4.79 Å². The maximum absolute atomic E-state index is 13.5. The molecule has 4 aromatic carbocycles. The third kappa shape index (κ3) is 4.18. The topological polar surface area (TPSA) is 32.3 Å². The zero-order valence-corrected chi connectivity index (χ0v) is 19.2. The summed E-state index contributed by atoms with van der Waals surface area (Å²) in [5.74, 6) is 0.00304. The second kappa shape index (κ2) is 9.00. The van der Waals surface area contributed by atoms with Crippen LogP contribution in [0.5, 0.6) is 0 Å². The number of rotatable bonds is 3. The van der Waals surface area contributed by atoms with Crippen LogP contribution in [0.4, 0.5) is 11.4 Å². The molecule has 1 N–H and O–H groups in total. The minimum Gasteiger partial charge on any atom is -0.346 e. The Kier molecular flexibility index (Phi) is 5.76. The van der Waals surface area contributed by atoms with Gasteiger partial charge < -0.3 is 10.2 Å². The highest BCUT2D eigenvalue weighted by atomic mass is 32.1. The highest BCUT2D eigenvalue weighted by Crippen LogP contribution is 2.36. The maximum atomic E-state index is 13.5. The largest absolute Gasteiger partial charge is 0.346 e. The molecule has 0 fully saturated rings. The number of amides is 1. The van der Waals surface area contributed by atoms with E-state index < -0.39 is 0 Å². The molecule has 0 aliphatic carbocycles. The molecule has 0 spiro atoms. The summed E-state index contributed by atoms with van der Waals surface area (Å²) in [7, 11) is 0. The van der Waals surface area contributed by atoms with Crippen LogP contribution in [0.25, 0.3) is 11.1 Å².